The van der Waals surface area contributed by atoms with Gasteiger partial charge in [0.2, 0.25) is 5.91 Å². The van der Waals surface area contributed by atoms with E-state index in [1.54, 1.807) is 12.1 Å². The highest BCUT2D eigenvalue weighted by molar-refractivity contribution is 9.10. The van der Waals surface area contributed by atoms with Crippen LogP contribution >= 0.6 is 28.3 Å². The van der Waals surface area contributed by atoms with Crippen LogP contribution in [0, 0.1) is 5.92 Å². The van der Waals surface area contributed by atoms with Crippen LogP contribution in [0.2, 0.25) is 0 Å². The maximum atomic E-state index is 11.7. The Bertz CT molecular complexity index is 399. The SMILES string of the molecule is CC(C)[C@H](N)C(=O)Nc1cc(Br)ccc1O.Cl. The predicted octanol–water partition coefficient (Wildman–Crippen LogP) is 2.50. The smallest absolute Gasteiger partial charge is 0.241 e. The summed E-state index contributed by atoms with van der Waals surface area (Å²) in [6.45, 7) is 3.73. The number of phenolic OH excluding ortho intramolecular Hbond substituents is 1. The molecule has 4 nitrogen and oxygen atoms in total. The molecular formula is C11H16BrClN2O2. The van der Waals surface area contributed by atoms with Crippen molar-refractivity contribution in [2.75, 3.05) is 5.32 Å². The van der Waals surface area contributed by atoms with Crippen molar-refractivity contribution < 1.29 is 9.90 Å². The third kappa shape index (κ3) is 4.53. The fourth-order valence-electron chi connectivity index (χ4n) is 1.13. The third-order valence-electron chi connectivity index (χ3n) is 2.24. The number of nitrogens with one attached hydrogen (secondary N) is 1. The van der Waals surface area contributed by atoms with E-state index in [2.05, 4.69) is 21.2 Å². The molecule has 0 radical (unpaired) electrons. The summed E-state index contributed by atoms with van der Waals surface area (Å²) in [7, 11) is 0. The van der Waals surface area contributed by atoms with Gasteiger partial charge in [-0.25, -0.2) is 0 Å². The van der Waals surface area contributed by atoms with Crippen LogP contribution in [0.25, 0.3) is 0 Å². The number of amides is 1. The summed E-state index contributed by atoms with van der Waals surface area (Å²) in [6, 6.07) is 4.23. The van der Waals surface area contributed by atoms with Crippen LogP contribution in [0.5, 0.6) is 5.75 Å². The summed E-state index contributed by atoms with van der Waals surface area (Å²) in [4.78, 5) is 11.7. The molecule has 0 bridgehead atoms. The Balaban J connectivity index is 0.00000256. The van der Waals surface area contributed by atoms with E-state index < -0.39 is 6.04 Å². The van der Waals surface area contributed by atoms with Gasteiger partial charge in [0.15, 0.2) is 0 Å². The van der Waals surface area contributed by atoms with E-state index in [1.807, 2.05) is 13.8 Å². The molecule has 1 rings (SSSR count). The number of anilines is 1. The lowest BCUT2D eigenvalue weighted by Gasteiger charge is -2.16. The van der Waals surface area contributed by atoms with Crippen LogP contribution in [0.4, 0.5) is 5.69 Å². The molecule has 1 aromatic carbocycles. The highest BCUT2D eigenvalue weighted by Crippen LogP contribution is 2.26. The zero-order valence-electron chi connectivity index (χ0n) is 9.61. The fraction of sp³-hybridized carbons (Fsp3) is 0.364. The molecule has 0 spiro atoms. The third-order valence-corrected chi connectivity index (χ3v) is 2.73. The molecule has 96 valence electrons. The highest BCUT2D eigenvalue weighted by Gasteiger charge is 2.18. The second kappa shape index (κ2) is 6.83. The van der Waals surface area contributed by atoms with Crippen molar-refractivity contribution in [3.63, 3.8) is 0 Å². The lowest BCUT2D eigenvalue weighted by Crippen LogP contribution is -2.39. The molecule has 0 aliphatic heterocycles. The largest absolute Gasteiger partial charge is 0.506 e. The van der Waals surface area contributed by atoms with E-state index in [9.17, 15) is 9.90 Å². The zero-order valence-corrected chi connectivity index (χ0v) is 12.0. The van der Waals surface area contributed by atoms with Crippen LogP contribution in [0.1, 0.15) is 13.8 Å². The van der Waals surface area contributed by atoms with Crippen LogP contribution in [0.15, 0.2) is 22.7 Å². The van der Waals surface area contributed by atoms with Crippen LogP contribution in [0.3, 0.4) is 0 Å². The lowest BCUT2D eigenvalue weighted by molar-refractivity contribution is -0.118. The van der Waals surface area contributed by atoms with E-state index >= 15 is 0 Å². The fourth-order valence-corrected chi connectivity index (χ4v) is 1.49. The number of rotatable bonds is 3. The number of carbonyl (C=O) groups is 1. The minimum Gasteiger partial charge on any atom is -0.506 e. The maximum Gasteiger partial charge on any atom is 0.241 e. The number of nitrogens with two attached hydrogens (primary N) is 1. The number of aromatic hydroxyl groups is 1. The van der Waals surface area contributed by atoms with Gasteiger partial charge in [-0.15, -0.1) is 12.4 Å². The normalized spacial score (nSPS) is 11.8. The molecule has 0 aromatic heterocycles. The first-order chi connectivity index (χ1) is 7.41. The molecule has 17 heavy (non-hydrogen) atoms. The van der Waals surface area contributed by atoms with Gasteiger partial charge in [0.1, 0.15) is 5.75 Å². The number of benzene rings is 1. The minimum absolute atomic E-state index is 0. The molecule has 1 atom stereocenters. The molecule has 6 heteroatoms. The molecule has 0 heterocycles. The predicted molar refractivity (Wildman–Crippen MR) is 74.5 cm³/mol. The second-order valence-corrected chi connectivity index (χ2v) is 4.84. The number of phenols is 1. The van der Waals surface area contributed by atoms with Crippen molar-refractivity contribution in [3.8, 4) is 5.75 Å². The Morgan fingerprint density at radius 1 is 1.47 bits per heavy atom. The first-order valence-electron chi connectivity index (χ1n) is 4.96. The van der Waals surface area contributed by atoms with Crippen LogP contribution in [-0.2, 0) is 4.79 Å². The highest BCUT2D eigenvalue weighted by atomic mass is 79.9. The average Bonchev–Trinajstić information content (AvgIpc) is 2.22. The Kier molecular flexibility index (Phi) is 6.52. The van der Waals surface area contributed by atoms with Gasteiger partial charge in [0, 0.05) is 4.47 Å². The average molecular weight is 324 g/mol. The molecule has 0 fully saturated rings. The summed E-state index contributed by atoms with van der Waals surface area (Å²) >= 11 is 3.26. The molecular weight excluding hydrogens is 307 g/mol. The van der Waals surface area contributed by atoms with Gasteiger partial charge >= 0.3 is 0 Å². The van der Waals surface area contributed by atoms with Crippen LogP contribution < -0.4 is 11.1 Å². The van der Waals surface area contributed by atoms with E-state index in [4.69, 9.17) is 5.73 Å². The van der Waals surface area contributed by atoms with E-state index in [0.29, 0.717) is 5.69 Å². The number of carbonyl (C=O) groups excluding carboxylic acids is 1. The van der Waals surface area contributed by atoms with E-state index in [0.717, 1.165) is 4.47 Å². The first-order valence-corrected chi connectivity index (χ1v) is 5.76. The van der Waals surface area contributed by atoms with Gasteiger partial charge in [0.25, 0.3) is 0 Å². The molecule has 0 unspecified atom stereocenters. The van der Waals surface area contributed by atoms with E-state index in [-0.39, 0.29) is 30.0 Å². The minimum atomic E-state index is -0.585. The van der Waals surface area contributed by atoms with Gasteiger partial charge in [-0.1, -0.05) is 29.8 Å². The van der Waals surface area contributed by atoms with Gasteiger partial charge in [-0.05, 0) is 24.1 Å². The Morgan fingerprint density at radius 2 is 2.06 bits per heavy atom. The zero-order chi connectivity index (χ0) is 12.3. The summed E-state index contributed by atoms with van der Waals surface area (Å²) in [5.74, 6) is -0.231. The van der Waals surface area contributed by atoms with Gasteiger partial charge in [-0.3, -0.25) is 4.79 Å². The summed E-state index contributed by atoms with van der Waals surface area (Å²) in [6.07, 6.45) is 0. The first kappa shape index (κ1) is 16.2. The molecule has 1 aromatic rings. The van der Waals surface area contributed by atoms with Gasteiger partial charge in [0.05, 0.1) is 11.7 Å². The number of hydrogen-bond acceptors (Lipinski definition) is 3. The summed E-state index contributed by atoms with van der Waals surface area (Å²) in [5, 5.41) is 12.1. The van der Waals surface area contributed by atoms with Crippen molar-refractivity contribution >= 4 is 39.9 Å². The molecule has 0 saturated heterocycles. The monoisotopic (exact) mass is 322 g/mol. The maximum absolute atomic E-state index is 11.7. The quantitative estimate of drug-likeness (QED) is 0.748. The molecule has 1 amide bonds. The van der Waals surface area contributed by atoms with Crippen molar-refractivity contribution in [1.29, 1.82) is 0 Å². The molecule has 0 saturated carbocycles. The van der Waals surface area contributed by atoms with E-state index in [1.165, 1.54) is 6.07 Å². The second-order valence-electron chi connectivity index (χ2n) is 3.92. The van der Waals surface area contributed by atoms with Crippen molar-refractivity contribution in [2.24, 2.45) is 11.7 Å². The van der Waals surface area contributed by atoms with Gasteiger partial charge in [-0.2, -0.15) is 0 Å². The van der Waals surface area contributed by atoms with Crippen LogP contribution in [-0.4, -0.2) is 17.1 Å². The van der Waals surface area contributed by atoms with Crippen molar-refractivity contribution in [2.45, 2.75) is 19.9 Å². The lowest BCUT2D eigenvalue weighted by atomic mass is 10.0. The Morgan fingerprint density at radius 3 is 2.59 bits per heavy atom. The topological polar surface area (TPSA) is 75.4 Å². The Labute approximate surface area is 115 Å². The molecule has 0 aliphatic carbocycles. The summed E-state index contributed by atoms with van der Waals surface area (Å²) in [5.41, 5.74) is 6.05. The molecule has 4 N–H and O–H groups in total. The molecule has 0 aliphatic rings. The summed E-state index contributed by atoms with van der Waals surface area (Å²) < 4.78 is 0.777. The van der Waals surface area contributed by atoms with Gasteiger partial charge < -0.3 is 16.2 Å². The number of halogens is 2. The van der Waals surface area contributed by atoms with Crippen molar-refractivity contribution in [3.05, 3.63) is 22.7 Å². The standard InChI is InChI=1S/C11H15BrN2O2.ClH/c1-6(2)10(13)11(16)14-8-5-7(12)3-4-9(8)15;/h3-6,10,15H,13H2,1-2H3,(H,14,16);1H/t10-;/m0./s1. The number of hydrogen-bond donors (Lipinski definition) is 3. The van der Waals surface area contributed by atoms with Crippen molar-refractivity contribution in [1.82, 2.24) is 0 Å². The Hall–Kier alpha value is -0.780.